The molecule has 20 heavy (non-hydrogen) atoms. The van der Waals surface area contributed by atoms with E-state index in [1.165, 1.54) is 0 Å². The highest BCUT2D eigenvalue weighted by molar-refractivity contribution is 5.81. The van der Waals surface area contributed by atoms with Gasteiger partial charge in [-0.05, 0) is 49.9 Å². The van der Waals surface area contributed by atoms with Gasteiger partial charge in [0.1, 0.15) is 18.1 Å². The molecule has 5 heteroatoms. The first-order valence-corrected chi connectivity index (χ1v) is 6.83. The lowest BCUT2D eigenvalue weighted by Gasteiger charge is -2.26. The summed E-state index contributed by atoms with van der Waals surface area (Å²) in [5.74, 6) is 1.19. The largest absolute Gasteiger partial charge is 0.497 e. The van der Waals surface area contributed by atoms with Gasteiger partial charge in [0.2, 0.25) is 0 Å². The molecule has 0 heterocycles. The molecule has 1 saturated carbocycles. The van der Waals surface area contributed by atoms with Crippen molar-refractivity contribution in [2.75, 3.05) is 20.3 Å². The molecule has 1 aromatic rings. The minimum Gasteiger partial charge on any atom is -0.497 e. The lowest BCUT2D eigenvalue weighted by Crippen LogP contribution is -2.55. The van der Waals surface area contributed by atoms with Crippen molar-refractivity contribution in [2.24, 2.45) is 11.7 Å². The number of nitrogens with two attached hydrogens (primary N) is 1. The molecule has 0 amide bonds. The number of carbonyl (C=O) groups is 1. The fourth-order valence-corrected chi connectivity index (χ4v) is 2.08. The number of methoxy groups -OCH3 is 1. The second kappa shape index (κ2) is 6.13. The summed E-state index contributed by atoms with van der Waals surface area (Å²) in [5, 5.41) is 0. The van der Waals surface area contributed by atoms with Crippen LogP contribution in [-0.4, -0.2) is 31.8 Å². The van der Waals surface area contributed by atoms with Crippen molar-refractivity contribution in [3.05, 3.63) is 24.3 Å². The van der Waals surface area contributed by atoms with Gasteiger partial charge >= 0.3 is 5.97 Å². The average Bonchev–Trinajstić information content (AvgIpc) is 3.30. The number of carbonyl (C=O) groups excluding carboxylic acids is 1. The third-order valence-corrected chi connectivity index (χ3v) is 3.50. The minimum absolute atomic E-state index is 0.128. The van der Waals surface area contributed by atoms with E-state index in [-0.39, 0.29) is 18.5 Å². The fraction of sp³-hybridized carbons (Fsp3) is 0.533. The number of hydrogen-bond donors (Lipinski definition) is 1. The van der Waals surface area contributed by atoms with E-state index in [0.717, 1.165) is 18.6 Å². The highest BCUT2D eigenvalue weighted by atomic mass is 16.5. The van der Waals surface area contributed by atoms with Crippen molar-refractivity contribution in [3.8, 4) is 11.5 Å². The molecule has 1 fully saturated rings. The molecule has 0 saturated heterocycles. The normalized spacial score (nSPS) is 17.1. The van der Waals surface area contributed by atoms with E-state index >= 15 is 0 Å². The lowest BCUT2D eigenvalue weighted by molar-refractivity contribution is -0.151. The Balaban J connectivity index is 1.99. The number of ether oxygens (including phenoxy) is 3. The van der Waals surface area contributed by atoms with E-state index in [9.17, 15) is 4.79 Å². The molecule has 1 aliphatic carbocycles. The molecule has 0 bridgehead atoms. The third-order valence-electron chi connectivity index (χ3n) is 3.50. The molecule has 1 aromatic carbocycles. The molecule has 110 valence electrons. The van der Waals surface area contributed by atoms with Crippen LogP contribution < -0.4 is 15.2 Å². The number of esters is 1. The summed E-state index contributed by atoms with van der Waals surface area (Å²) in [6.45, 7) is 2.23. The third kappa shape index (κ3) is 3.22. The van der Waals surface area contributed by atoms with Crippen LogP contribution in [0.3, 0.4) is 0 Å². The van der Waals surface area contributed by atoms with Gasteiger partial charge in [-0.1, -0.05) is 0 Å². The Bertz CT molecular complexity index is 455. The predicted molar refractivity (Wildman–Crippen MR) is 74.8 cm³/mol. The summed E-state index contributed by atoms with van der Waals surface area (Å²) < 4.78 is 15.8. The molecular weight excluding hydrogens is 258 g/mol. The van der Waals surface area contributed by atoms with Gasteiger partial charge in [-0.3, -0.25) is 0 Å². The number of benzene rings is 1. The number of rotatable bonds is 7. The standard InChI is InChI=1S/C15H21NO4/c1-3-19-14(17)15(16,11-4-5-11)10-20-13-8-6-12(18-2)7-9-13/h6-9,11H,3-5,10,16H2,1-2H3. The van der Waals surface area contributed by atoms with Gasteiger partial charge < -0.3 is 19.9 Å². The summed E-state index contributed by atoms with van der Waals surface area (Å²) in [5.41, 5.74) is 5.17. The highest BCUT2D eigenvalue weighted by Crippen LogP contribution is 2.39. The van der Waals surface area contributed by atoms with Crippen LogP contribution in [0.25, 0.3) is 0 Å². The van der Waals surface area contributed by atoms with Crippen LogP contribution in [0.1, 0.15) is 19.8 Å². The highest BCUT2D eigenvalue weighted by Gasteiger charge is 2.50. The van der Waals surface area contributed by atoms with Crippen molar-refractivity contribution in [1.29, 1.82) is 0 Å². The van der Waals surface area contributed by atoms with Gasteiger partial charge in [-0.2, -0.15) is 0 Å². The first-order valence-electron chi connectivity index (χ1n) is 6.83. The lowest BCUT2D eigenvalue weighted by atomic mass is 9.96. The summed E-state index contributed by atoms with van der Waals surface area (Å²) in [6, 6.07) is 7.18. The Kier molecular flexibility index (Phi) is 4.49. The van der Waals surface area contributed by atoms with Crippen LogP contribution in [0.2, 0.25) is 0 Å². The van der Waals surface area contributed by atoms with Crippen LogP contribution in [0.4, 0.5) is 0 Å². The summed E-state index contributed by atoms with van der Waals surface area (Å²) in [4.78, 5) is 12.0. The predicted octanol–water partition coefficient (Wildman–Crippen LogP) is 1.74. The Labute approximate surface area is 119 Å². The molecule has 2 N–H and O–H groups in total. The van der Waals surface area contributed by atoms with E-state index in [1.54, 1.807) is 38.3 Å². The van der Waals surface area contributed by atoms with E-state index in [4.69, 9.17) is 19.9 Å². The molecular formula is C15H21NO4. The summed E-state index contributed by atoms with van der Waals surface area (Å²) in [7, 11) is 1.61. The van der Waals surface area contributed by atoms with Crippen LogP contribution in [0.15, 0.2) is 24.3 Å². The molecule has 0 aromatic heterocycles. The zero-order valence-corrected chi connectivity index (χ0v) is 11.9. The Morgan fingerprint density at radius 2 is 1.90 bits per heavy atom. The maximum absolute atomic E-state index is 12.0. The van der Waals surface area contributed by atoms with Gasteiger partial charge in [0.05, 0.1) is 13.7 Å². The van der Waals surface area contributed by atoms with E-state index < -0.39 is 5.54 Å². The van der Waals surface area contributed by atoms with Crippen molar-refractivity contribution in [1.82, 2.24) is 0 Å². The van der Waals surface area contributed by atoms with E-state index in [1.807, 2.05) is 0 Å². The van der Waals surface area contributed by atoms with Gasteiger partial charge in [0, 0.05) is 0 Å². The molecule has 0 radical (unpaired) electrons. The maximum Gasteiger partial charge on any atom is 0.329 e. The zero-order chi connectivity index (χ0) is 14.6. The van der Waals surface area contributed by atoms with Crippen LogP contribution in [-0.2, 0) is 9.53 Å². The van der Waals surface area contributed by atoms with Crippen LogP contribution >= 0.6 is 0 Å². The summed E-state index contributed by atoms with van der Waals surface area (Å²) in [6.07, 6.45) is 1.89. The first kappa shape index (κ1) is 14.7. The van der Waals surface area contributed by atoms with Gasteiger partial charge in [0.15, 0.2) is 5.54 Å². The second-order valence-electron chi connectivity index (χ2n) is 5.00. The fourth-order valence-electron chi connectivity index (χ4n) is 2.08. The quantitative estimate of drug-likeness (QED) is 0.770. The molecule has 1 aliphatic rings. The van der Waals surface area contributed by atoms with Crippen molar-refractivity contribution >= 4 is 5.97 Å². The van der Waals surface area contributed by atoms with Gasteiger partial charge in [-0.15, -0.1) is 0 Å². The van der Waals surface area contributed by atoms with Crippen LogP contribution in [0, 0.1) is 5.92 Å². The van der Waals surface area contributed by atoms with Crippen molar-refractivity contribution in [3.63, 3.8) is 0 Å². The maximum atomic E-state index is 12.0. The Morgan fingerprint density at radius 3 is 2.40 bits per heavy atom. The second-order valence-corrected chi connectivity index (χ2v) is 5.00. The molecule has 5 nitrogen and oxygen atoms in total. The van der Waals surface area contributed by atoms with Crippen LogP contribution in [0.5, 0.6) is 11.5 Å². The smallest absolute Gasteiger partial charge is 0.329 e. The Morgan fingerprint density at radius 1 is 1.30 bits per heavy atom. The number of hydrogen-bond acceptors (Lipinski definition) is 5. The zero-order valence-electron chi connectivity index (χ0n) is 11.9. The van der Waals surface area contributed by atoms with Gasteiger partial charge in [-0.25, -0.2) is 4.79 Å². The average molecular weight is 279 g/mol. The monoisotopic (exact) mass is 279 g/mol. The summed E-state index contributed by atoms with van der Waals surface area (Å²) >= 11 is 0. The van der Waals surface area contributed by atoms with Crippen molar-refractivity contribution < 1.29 is 19.0 Å². The molecule has 1 atom stereocenters. The minimum atomic E-state index is -1.05. The van der Waals surface area contributed by atoms with Crippen molar-refractivity contribution in [2.45, 2.75) is 25.3 Å². The first-order chi connectivity index (χ1) is 9.60. The Hall–Kier alpha value is -1.75. The molecule has 2 rings (SSSR count). The molecule has 0 aliphatic heterocycles. The molecule has 0 spiro atoms. The van der Waals surface area contributed by atoms with E-state index in [2.05, 4.69) is 0 Å². The molecule has 1 unspecified atom stereocenters. The van der Waals surface area contributed by atoms with Gasteiger partial charge in [0.25, 0.3) is 0 Å². The van der Waals surface area contributed by atoms with E-state index in [0.29, 0.717) is 12.4 Å². The SMILES string of the molecule is CCOC(=O)C(N)(COc1ccc(OC)cc1)C1CC1. The topological polar surface area (TPSA) is 70.8 Å².